The summed E-state index contributed by atoms with van der Waals surface area (Å²) in [6.45, 7) is 1.99. The molecule has 7 heteroatoms. The molecule has 1 N–H and O–H groups in total. The molecule has 1 fully saturated rings. The molecule has 1 saturated carbocycles. The van der Waals surface area contributed by atoms with Crippen molar-refractivity contribution in [1.82, 2.24) is 9.88 Å². The number of rotatable bonds is 4. The summed E-state index contributed by atoms with van der Waals surface area (Å²) in [5, 5.41) is 4.06. The fourth-order valence-corrected chi connectivity index (χ4v) is 4.17. The van der Waals surface area contributed by atoms with Gasteiger partial charge in [-0.3, -0.25) is 9.69 Å². The summed E-state index contributed by atoms with van der Waals surface area (Å²) in [5.74, 6) is -0.0169. The van der Waals surface area contributed by atoms with Crippen LogP contribution in [0.5, 0.6) is 0 Å². The standard InChI is InChI=1S/C17H17ClFN3OS/c18-12-2-1-3-13(19)11(12)8-22-7-6-14-15(9-22)24-17(20-14)21-16(23)10-4-5-10/h1-3,10H,4-9H2,(H,20,21,23). The van der Waals surface area contributed by atoms with E-state index in [0.29, 0.717) is 28.8 Å². The maximum absolute atomic E-state index is 14.0. The quantitative estimate of drug-likeness (QED) is 0.895. The summed E-state index contributed by atoms with van der Waals surface area (Å²) < 4.78 is 14.0. The molecule has 4 rings (SSSR count). The van der Waals surface area contributed by atoms with Crippen molar-refractivity contribution in [2.75, 3.05) is 11.9 Å². The Kier molecular flexibility index (Phi) is 4.28. The van der Waals surface area contributed by atoms with Crippen LogP contribution in [0.3, 0.4) is 0 Å². The van der Waals surface area contributed by atoms with Crippen molar-refractivity contribution >= 4 is 34.0 Å². The highest BCUT2D eigenvalue weighted by atomic mass is 35.5. The van der Waals surface area contributed by atoms with Gasteiger partial charge in [0.1, 0.15) is 5.82 Å². The largest absolute Gasteiger partial charge is 0.302 e. The lowest BCUT2D eigenvalue weighted by Gasteiger charge is -2.26. The number of anilines is 1. The number of amides is 1. The van der Waals surface area contributed by atoms with Gasteiger partial charge in [0.15, 0.2) is 5.13 Å². The van der Waals surface area contributed by atoms with Gasteiger partial charge in [0.05, 0.1) is 5.69 Å². The fourth-order valence-electron chi connectivity index (χ4n) is 2.90. The van der Waals surface area contributed by atoms with Crippen molar-refractivity contribution < 1.29 is 9.18 Å². The summed E-state index contributed by atoms with van der Waals surface area (Å²) >= 11 is 7.64. The summed E-state index contributed by atoms with van der Waals surface area (Å²) in [6.07, 6.45) is 2.76. The van der Waals surface area contributed by atoms with Crippen molar-refractivity contribution in [2.24, 2.45) is 5.92 Å². The van der Waals surface area contributed by atoms with Crippen LogP contribution in [0.4, 0.5) is 9.52 Å². The van der Waals surface area contributed by atoms with Crippen LogP contribution in [0.1, 0.15) is 29.0 Å². The van der Waals surface area contributed by atoms with E-state index in [9.17, 15) is 9.18 Å². The fraction of sp³-hybridized carbons (Fsp3) is 0.412. The Labute approximate surface area is 148 Å². The number of carbonyl (C=O) groups is 1. The molecular formula is C17H17ClFN3OS. The summed E-state index contributed by atoms with van der Waals surface area (Å²) in [6, 6.07) is 4.77. The second kappa shape index (κ2) is 6.43. The molecule has 1 aromatic carbocycles. The molecule has 0 saturated heterocycles. The summed E-state index contributed by atoms with van der Waals surface area (Å²) in [7, 11) is 0. The average Bonchev–Trinajstić information content (AvgIpc) is 3.32. The second-order valence-corrected chi connectivity index (χ2v) is 7.80. The van der Waals surface area contributed by atoms with Crippen LogP contribution in [-0.4, -0.2) is 22.3 Å². The molecule has 1 aromatic heterocycles. The van der Waals surface area contributed by atoms with Crippen LogP contribution in [0, 0.1) is 11.7 Å². The molecule has 0 unspecified atom stereocenters. The van der Waals surface area contributed by atoms with Gasteiger partial charge in [-0.2, -0.15) is 0 Å². The van der Waals surface area contributed by atoms with Gasteiger partial charge in [0.2, 0.25) is 5.91 Å². The molecule has 0 radical (unpaired) electrons. The van der Waals surface area contributed by atoms with Crippen LogP contribution >= 0.6 is 22.9 Å². The van der Waals surface area contributed by atoms with Crippen LogP contribution < -0.4 is 5.32 Å². The van der Waals surface area contributed by atoms with Crippen molar-refractivity contribution in [3.8, 4) is 0 Å². The highest BCUT2D eigenvalue weighted by Gasteiger charge is 2.31. The maximum Gasteiger partial charge on any atom is 0.229 e. The molecule has 0 atom stereocenters. The number of carbonyl (C=O) groups excluding carboxylic acids is 1. The Bertz CT molecular complexity index is 770. The van der Waals surface area contributed by atoms with Crippen molar-refractivity contribution in [3.05, 3.63) is 45.2 Å². The van der Waals surface area contributed by atoms with E-state index < -0.39 is 0 Å². The molecule has 0 spiro atoms. The smallest absolute Gasteiger partial charge is 0.229 e. The minimum absolute atomic E-state index is 0.0797. The third kappa shape index (κ3) is 3.31. The highest BCUT2D eigenvalue weighted by Crippen LogP contribution is 2.33. The van der Waals surface area contributed by atoms with Gasteiger partial charge >= 0.3 is 0 Å². The van der Waals surface area contributed by atoms with Gasteiger partial charge < -0.3 is 5.32 Å². The Morgan fingerprint density at radius 2 is 2.29 bits per heavy atom. The Morgan fingerprint density at radius 1 is 1.46 bits per heavy atom. The minimum atomic E-state index is -0.269. The molecule has 1 amide bonds. The molecule has 24 heavy (non-hydrogen) atoms. The first-order valence-electron chi connectivity index (χ1n) is 8.05. The van der Waals surface area contributed by atoms with E-state index in [-0.39, 0.29) is 17.6 Å². The molecule has 1 aliphatic carbocycles. The number of fused-ring (bicyclic) bond motifs is 1. The maximum atomic E-state index is 14.0. The molecule has 126 valence electrons. The zero-order chi connectivity index (χ0) is 16.7. The second-order valence-electron chi connectivity index (χ2n) is 6.31. The van der Waals surface area contributed by atoms with Gasteiger partial charge in [-0.15, -0.1) is 11.3 Å². The first-order valence-corrected chi connectivity index (χ1v) is 9.24. The molecule has 1 aliphatic heterocycles. The van der Waals surface area contributed by atoms with E-state index in [0.717, 1.165) is 36.4 Å². The van der Waals surface area contributed by atoms with E-state index >= 15 is 0 Å². The van der Waals surface area contributed by atoms with E-state index in [1.165, 1.54) is 17.4 Å². The van der Waals surface area contributed by atoms with Gasteiger partial charge in [0, 0.05) is 47.4 Å². The summed E-state index contributed by atoms with van der Waals surface area (Å²) in [4.78, 5) is 19.7. The zero-order valence-electron chi connectivity index (χ0n) is 13.0. The van der Waals surface area contributed by atoms with Crippen LogP contribution in [-0.2, 0) is 24.3 Å². The number of hydrogen-bond donors (Lipinski definition) is 1. The number of benzene rings is 1. The summed E-state index contributed by atoms with van der Waals surface area (Å²) in [5.41, 5.74) is 1.58. The molecular weight excluding hydrogens is 349 g/mol. The topological polar surface area (TPSA) is 45.2 Å². The zero-order valence-corrected chi connectivity index (χ0v) is 14.6. The molecule has 2 aliphatic rings. The lowest BCUT2D eigenvalue weighted by molar-refractivity contribution is -0.117. The molecule has 4 nitrogen and oxygen atoms in total. The highest BCUT2D eigenvalue weighted by molar-refractivity contribution is 7.15. The van der Waals surface area contributed by atoms with E-state index in [1.54, 1.807) is 12.1 Å². The number of nitrogens with zero attached hydrogens (tertiary/aromatic N) is 2. The predicted molar refractivity (Wildman–Crippen MR) is 92.7 cm³/mol. The molecule has 2 aromatic rings. The third-order valence-electron chi connectivity index (χ3n) is 4.43. The number of nitrogens with one attached hydrogen (secondary N) is 1. The van der Waals surface area contributed by atoms with Crippen molar-refractivity contribution in [1.29, 1.82) is 0 Å². The number of hydrogen-bond acceptors (Lipinski definition) is 4. The van der Waals surface area contributed by atoms with Gasteiger partial charge in [-0.05, 0) is 25.0 Å². The number of thiazole rings is 1. The van der Waals surface area contributed by atoms with Gasteiger partial charge in [0.25, 0.3) is 0 Å². The number of aromatic nitrogens is 1. The minimum Gasteiger partial charge on any atom is -0.302 e. The van der Waals surface area contributed by atoms with Crippen molar-refractivity contribution in [3.63, 3.8) is 0 Å². The monoisotopic (exact) mass is 365 g/mol. The van der Waals surface area contributed by atoms with Crippen molar-refractivity contribution in [2.45, 2.75) is 32.4 Å². The van der Waals surface area contributed by atoms with E-state index in [4.69, 9.17) is 11.6 Å². The van der Waals surface area contributed by atoms with E-state index in [1.807, 2.05) is 0 Å². The number of halogens is 2. The Morgan fingerprint density at radius 3 is 3.04 bits per heavy atom. The molecule has 2 heterocycles. The predicted octanol–water partition coefficient (Wildman–Crippen LogP) is 3.84. The lowest BCUT2D eigenvalue weighted by Crippen LogP contribution is -2.29. The van der Waals surface area contributed by atoms with Gasteiger partial charge in [-0.25, -0.2) is 9.37 Å². The lowest BCUT2D eigenvalue weighted by atomic mass is 10.1. The third-order valence-corrected chi connectivity index (χ3v) is 5.78. The first-order chi connectivity index (χ1) is 11.6. The van der Waals surface area contributed by atoms with E-state index in [2.05, 4.69) is 15.2 Å². The van der Waals surface area contributed by atoms with Crippen LogP contribution in [0.25, 0.3) is 0 Å². The normalized spacial score (nSPS) is 17.6. The first kappa shape index (κ1) is 16.0. The van der Waals surface area contributed by atoms with Crippen LogP contribution in [0.2, 0.25) is 5.02 Å². The molecule has 0 bridgehead atoms. The van der Waals surface area contributed by atoms with Gasteiger partial charge in [-0.1, -0.05) is 17.7 Å². The van der Waals surface area contributed by atoms with Crippen LogP contribution in [0.15, 0.2) is 18.2 Å². The SMILES string of the molecule is O=C(Nc1nc2c(s1)CN(Cc1c(F)cccc1Cl)CC2)C1CC1. The Balaban J connectivity index is 1.45. The Hall–Kier alpha value is -1.50. The average molecular weight is 366 g/mol.